The zero-order valence-electron chi connectivity index (χ0n) is 13.8. The first-order valence-electron chi connectivity index (χ1n) is 7.85. The van der Waals surface area contributed by atoms with Crippen LogP contribution in [0.1, 0.15) is 18.1 Å². The molecule has 26 heavy (non-hydrogen) atoms. The van der Waals surface area contributed by atoms with E-state index in [0.717, 1.165) is 17.5 Å². The molecule has 0 spiro atoms. The summed E-state index contributed by atoms with van der Waals surface area (Å²) in [6.45, 7) is 1.42. The van der Waals surface area contributed by atoms with E-state index < -0.39 is 11.7 Å². The second-order valence-electron chi connectivity index (χ2n) is 5.75. The monoisotopic (exact) mass is 356 g/mol. The number of halogens is 3. The van der Waals surface area contributed by atoms with Crippen LogP contribution in [0.3, 0.4) is 0 Å². The van der Waals surface area contributed by atoms with Crippen LogP contribution in [0.2, 0.25) is 0 Å². The lowest BCUT2D eigenvalue weighted by Gasteiger charge is -2.14. The maximum Gasteiger partial charge on any atom is 0.416 e. The van der Waals surface area contributed by atoms with Gasteiger partial charge in [0, 0.05) is 22.8 Å². The van der Waals surface area contributed by atoms with E-state index in [2.05, 4.69) is 10.3 Å². The predicted octanol–water partition coefficient (Wildman–Crippen LogP) is 5.60. The summed E-state index contributed by atoms with van der Waals surface area (Å²) in [6.07, 6.45) is 0.147. The third-order valence-corrected chi connectivity index (χ3v) is 3.76. The van der Waals surface area contributed by atoms with E-state index in [4.69, 9.17) is 0 Å². The smallest absolute Gasteiger partial charge is 0.354 e. The van der Waals surface area contributed by atoms with Crippen molar-refractivity contribution in [2.24, 2.45) is 0 Å². The van der Waals surface area contributed by atoms with E-state index in [1.807, 2.05) is 24.3 Å². The summed E-state index contributed by atoms with van der Waals surface area (Å²) in [4.78, 5) is 15.6. The molecule has 0 aliphatic carbocycles. The fourth-order valence-electron chi connectivity index (χ4n) is 2.55. The van der Waals surface area contributed by atoms with Gasteiger partial charge in [0.1, 0.15) is 0 Å². The van der Waals surface area contributed by atoms with E-state index >= 15 is 0 Å². The van der Waals surface area contributed by atoms with Gasteiger partial charge < -0.3 is 5.32 Å². The van der Waals surface area contributed by atoms with Crippen molar-refractivity contribution in [2.75, 3.05) is 5.32 Å². The highest BCUT2D eigenvalue weighted by molar-refractivity contribution is 5.99. The molecule has 6 heteroatoms. The van der Waals surface area contributed by atoms with Crippen LogP contribution >= 0.6 is 0 Å². The highest BCUT2D eigenvalue weighted by Crippen LogP contribution is 2.34. The molecule has 1 N–H and O–H groups in total. The van der Waals surface area contributed by atoms with Crippen LogP contribution in [0, 0.1) is 0 Å². The molecule has 0 atom stereocenters. The average molecular weight is 356 g/mol. The third-order valence-electron chi connectivity index (χ3n) is 3.76. The summed E-state index contributed by atoms with van der Waals surface area (Å²) in [5, 5.41) is 3.80. The van der Waals surface area contributed by atoms with Crippen molar-refractivity contribution in [3.05, 3.63) is 71.9 Å². The highest BCUT2D eigenvalue weighted by atomic mass is 19.4. The van der Waals surface area contributed by atoms with Crippen LogP contribution in [0.15, 0.2) is 60.8 Å². The van der Waals surface area contributed by atoms with Crippen molar-refractivity contribution in [2.45, 2.75) is 13.1 Å². The Labute approximate surface area is 148 Å². The number of rotatable bonds is 4. The molecule has 3 rings (SSSR count). The number of hydrogen-bond acceptors (Lipinski definition) is 3. The maximum atomic E-state index is 13.0. The Balaban J connectivity index is 2.11. The number of ketones is 1. The zero-order chi connectivity index (χ0) is 18.7. The van der Waals surface area contributed by atoms with Crippen LogP contribution in [-0.4, -0.2) is 10.8 Å². The van der Waals surface area contributed by atoms with Crippen LogP contribution in [-0.2, 0) is 11.0 Å². The molecule has 1 heterocycles. The summed E-state index contributed by atoms with van der Waals surface area (Å²) in [6, 6.07) is 12.3. The van der Waals surface area contributed by atoms with Crippen molar-refractivity contribution in [1.29, 1.82) is 0 Å². The van der Waals surface area contributed by atoms with E-state index in [0.29, 0.717) is 22.5 Å². The minimum absolute atomic E-state index is 0.136. The minimum Gasteiger partial charge on any atom is -0.354 e. The van der Waals surface area contributed by atoms with Crippen molar-refractivity contribution in [3.63, 3.8) is 0 Å². The summed E-state index contributed by atoms with van der Waals surface area (Å²) in [7, 11) is 0. The third kappa shape index (κ3) is 3.91. The molecule has 0 unspecified atom stereocenters. The first-order valence-corrected chi connectivity index (χ1v) is 7.85. The second-order valence-corrected chi connectivity index (χ2v) is 5.75. The number of nitrogens with zero attached hydrogens (tertiary/aromatic N) is 1. The topological polar surface area (TPSA) is 42.0 Å². The standard InChI is InChI=1S/C20H15F3N2O/c1-13(26)9-10-14-12-24-18-8-3-2-7-17(18)19(14)25-16-6-4-5-15(11-16)20(21,22)23/h2-12H,1H3,(H,24,25)/b10-9+. The van der Waals surface area contributed by atoms with Crippen molar-refractivity contribution in [1.82, 2.24) is 4.98 Å². The van der Waals surface area contributed by atoms with Crippen LogP contribution in [0.25, 0.3) is 17.0 Å². The van der Waals surface area contributed by atoms with Gasteiger partial charge in [0.05, 0.1) is 16.8 Å². The number of para-hydroxylation sites is 1. The van der Waals surface area contributed by atoms with Gasteiger partial charge in [-0.2, -0.15) is 13.2 Å². The summed E-state index contributed by atoms with van der Waals surface area (Å²) in [5.74, 6) is -0.136. The second kappa shape index (κ2) is 7.00. The molecule has 3 nitrogen and oxygen atoms in total. The number of fused-ring (bicyclic) bond motifs is 1. The van der Waals surface area contributed by atoms with Gasteiger partial charge >= 0.3 is 6.18 Å². The van der Waals surface area contributed by atoms with E-state index in [1.54, 1.807) is 18.3 Å². The molecule has 0 fully saturated rings. The molecule has 0 radical (unpaired) electrons. The van der Waals surface area contributed by atoms with Crippen molar-refractivity contribution >= 4 is 34.1 Å². The number of pyridine rings is 1. The van der Waals surface area contributed by atoms with Gasteiger partial charge in [0.2, 0.25) is 0 Å². The average Bonchev–Trinajstić information content (AvgIpc) is 2.60. The van der Waals surface area contributed by atoms with Crippen molar-refractivity contribution < 1.29 is 18.0 Å². The number of aromatic nitrogens is 1. The lowest BCUT2D eigenvalue weighted by molar-refractivity contribution is -0.137. The van der Waals surface area contributed by atoms with Crippen LogP contribution < -0.4 is 5.32 Å². The Bertz CT molecular complexity index is 994. The number of alkyl halides is 3. The quantitative estimate of drug-likeness (QED) is 0.619. The maximum absolute atomic E-state index is 13.0. The van der Waals surface area contributed by atoms with Gasteiger partial charge in [-0.1, -0.05) is 24.3 Å². The lowest BCUT2D eigenvalue weighted by atomic mass is 10.1. The summed E-state index contributed by atoms with van der Waals surface area (Å²) >= 11 is 0. The fraction of sp³-hybridized carbons (Fsp3) is 0.100. The molecule has 0 aliphatic heterocycles. The Morgan fingerprint density at radius 3 is 2.62 bits per heavy atom. The molecule has 1 aromatic heterocycles. The zero-order valence-corrected chi connectivity index (χ0v) is 13.8. The molecule has 132 valence electrons. The van der Waals surface area contributed by atoms with Crippen molar-refractivity contribution in [3.8, 4) is 0 Å². The fourth-order valence-corrected chi connectivity index (χ4v) is 2.55. The van der Waals surface area contributed by atoms with Crippen LogP contribution in [0.4, 0.5) is 24.5 Å². The molecular formula is C20H15F3N2O. The van der Waals surface area contributed by atoms with E-state index in [-0.39, 0.29) is 5.78 Å². The number of carbonyl (C=O) groups is 1. The van der Waals surface area contributed by atoms with Gasteiger partial charge in [-0.15, -0.1) is 0 Å². The van der Waals surface area contributed by atoms with Gasteiger partial charge in [0.15, 0.2) is 5.78 Å². The molecule has 0 saturated carbocycles. The largest absolute Gasteiger partial charge is 0.416 e. The molecule has 3 aromatic rings. The number of carbonyl (C=O) groups excluding carboxylic acids is 1. The Hall–Kier alpha value is -3.15. The minimum atomic E-state index is -4.42. The SMILES string of the molecule is CC(=O)/C=C/c1cnc2ccccc2c1Nc1cccc(C(F)(F)F)c1. The van der Waals surface area contributed by atoms with E-state index in [9.17, 15) is 18.0 Å². The number of benzene rings is 2. The van der Waals surface area contributed by atoms with Gasteiger partial charge in [0.25, 0.3) is 0 Å². The van der Waals surface area contributed by atoms with Gasteiger partial charge in [-0.25, -0.2) is 0 Å². The highest BCUT2D eigenvalue weighted by Gasteiger charge is 2.30. The molecule has 0 bridgehead atoms. The normalized spacial score (nSPS) is 11.8. The molecule has 0 aliphatic rings. The summed E-state index contributed by atoms with van der Waals surface area (Å²) < 4.78 is 38.9. The first kappa shape index (κ1) is 17.7. The molecular weight excluding hydrogens is 341 g/mol. The number of nitrogens with one attached hydrogen (secondary N) is 1. The first-order chi connectivity index (χ1) is 12.3. The number of allylic oxidation sites excluding steroid dienone is 1. The summed E-state index contributed by atoms with van der Waals surface area (Å²) in [5.41, 5.74) is 1.46. The molecule has 0 amide bonds. The lowest BCUT2D eigenvalue weighted by Crippen LogP contribution is -2.05. The Morgan fingerprint density at radius 1 is 1.12 bits per heavy atom. The Kier molecular flexibility index (Phi) is 4.75. The van der Waals surface area contributed by atoms with E-state index in [1.165, 1.54) is 19.1 Å². The predicted molar refractivity (Wildman–Crippen MR) is 96.2 cm³/mol. The Morgan fingerprint density at radius 2 is 1.88 bits per heavy atom. The number of anilines is 2. The van der Waals surface area contributed by atoms with Gasteiger partial charge in [-0.05, 0) is 43.3 Å². The van der Waals surface area contributed by atoms with Gasteiger partial charge in [-0.3, -0.25) is 9.78 Å². The van der Waals surface area contributed by atoms with Crippen LogP contribution in [0.5, 0.6) is 0 Å². The molecule has 2 aromatic carbocycles. The number of hydrogen-bond donors (Lipinski definition) is 1. The molecule has 0 saturated heterocycles.